The van der Waals surface area contributed by atoms with Crippen LogP contribution in [0, 0.1) is 0 Å². The first-order valence-corrected chi connectivity index (χ1v) is 11.6. The summed E-state index contributed by atoms with van der Waals surface area (Å²) < 4.78 is 1.78. The van der Waals surface area contributed by atoms with Crippen molar-refractivity contribution in [3.05, 3.63) is 101 Å². The average Bonchev–Trinajstić information content (AvgIpc) is 3.28. The van der Waals surface area contributed by atoms with Crippen molar-refractivity contribution in [2.24, 2.45) is 7.05 Å². The Morgan fingerprint density at radius 2 is 1.88 bits per heavy atom. The zero-order valence-electron chi connectivity index (χ0n) is 19.2. The largest absolute Gasteiger partial charge is 0.351 e. The van der Waals surface area contributed by atoms with E-state index in [1.54, 1.807) is 40.9 Å². The quantitative estimate of drug-likeness (QED) is 0.401. The standard InChI is InChI=1S/C27H27ClN4O2/c1-31-15-7-11-24(31)26(33)30-14-12-22(16-19-8-4-3-5-9-19)32(2)27(34)23-18-21(28)17-20-10-6-13-29-25(20)23/h3-11,13,15,17-18,22H,12,14,16H2,1-2H3,(H,30,33). The van der Waals surface area contributed by atoms with E-state index in [0.717, 1.165) is 10.9 Å². The molecule has 0 aliphatic heterocycles. The van der Waals surface area contributed by atoms with Gasteiger partial charge in [0.25, 0.3) is 11.8 Å². The number of aryl methyl sites for hydroxylation is 1. The molecule has 0 fully saturated rings. The number of likely N-dealkylation sites (N-methyl/N-ethyl adjacent to an activating group) is 1. The van der Waals surface area contributed by atoms with Gasteiger partial charge in [-0.3, -0.25) is 14.6 Å². The molecule has 4 rings (SSSR count). The molecule has 2 amide bonds. The van der Waals surface area contributed by atoms with Crippen molar-refractivity contribution in [1.82, 2.24) is 19.8 Å². The SMILES string of the molecule is CN(C(=O)c1cc(Cl)cc2cccnc12)C(CCNC(=O)c1cccn1C)Cc1ccccc1. The summed E-state index contributed by atoms with van der Waals surface area (Å²) in [5, 5.41) is 4.30. The van der Waals surface area contributed by atoms with Crippen LogP contribution in [0.4, 0.5) is 0 Å². The zero-order valence-corrected chi connectivity index (χ0v) is 20.0. The number of rotatable bonds is 8. The Bertz CT molecular complexity index is 1300. The van der Waals surface area contributed by atoms with Gasteiger partial charge in [0.1, 0.15) is 5.69 Å². The molecule has 2 heterocycles. The summed E-state index contributed by atoms with van der Waals surface area (Å²) >= 11 is 6.31. The maximum absolute atomic E-state index is 13.6. The lowest BCUT2D eigenvalue weighted by Gasteiger charge is -2.29. The van der Waals surface area contributed by atoms with Gasteiger partial charge in [-0.2, -0.15) is 0 Å². The van der Waals surface area contributed by atoms with Crippen LogP contribution in [-0.4, -0.2) is 45.9 Å². The zero-order chi connectivity index (χ0) is 24.1. The third-order valence-electron chi connectivity index (χ3n) is 6.02. The summed E-state index contributed by atoms with van der Waals surface area (Å²) in [6.45, 7) is 0.438. The molecule has 0 spiro atoms. The smallest absolute Gasteiger partial charge is 0.267 e. The molecule has 0 radical (unpaired) electrons. The molecule has 0 saturated heterocycles. The van der Waals surface area contributed by atoms with Crippen molar-refractivity contribution in [3.63, 3.8) is 0 Å². The highest BCUT2D eigenvalue weighted by Gasteiger charge is 2.24. The number of fused-ring (bicyclic) bond motifs is 1. The number of amides is 2. The molecule has 2 aromatic carbocycles. The minimum Gasteiger partial charge on any atom is -0.351 e. The molecule has 6 nitrogen and oxygen atoms in total. The Labute approximate surface area is 204 Å². The molecule has 1 N–H and O–H groups in total. The van der Waals surface area contributed by atoms with Crippen LogP contribution >= 0.6 is 11.6 Å². The molecule has 4 aromatic rings. The number of hydrogen-bond acceptors (Lipinski definition) is 3. The molecule has 34 heavy (non-hydrogen) atoms. The van der Waals surface area contributed by atoms with Gasteiger partial charge in [-0.15, -0.1) is 0 Å². The van der Waals surface area contributed by atoms with E-state index in [9.17, 15) is 9.59 Å². The van der Waals surface area contributed by atoms with Crippen LogP contribution in [0.15, 0.2) is 79.1 Å². The fourth-order valence-electron chi connectivity index (χ4n) is 4.13. The van der Waals surface area contributed by atoms with Crippen molar-refractivity contribution in [3.8, 4) is 0 Å². The van der Waals surface area contributed by atoms with Gasteiger partial charge in [-0.25, -0.2) is 0 Å². The summed E-state index contributed by atoms with van der Waals surface area (Å²) in [6.07, 6.45) is 4.77. The number of nitrogens with zero attached hydrogens (tertiary/aromatic N) is 3. The van der Waals surface area contributed by atoms with Crippen molar-refractivity contribution in [2.75, 3.05) is 13.6 Å². The number of carbonyl (C=O) groups is 2. The maximum Gasteiger partial charge on any atom is 0.267 e. The van der Waals surface area contributed by atoms with Gasteiger partial charge < -0.3 is 14.8 Å². The van der Waals surface area contributed by atoms with Crippen molar-refractivity contribution < 1.29 is 9.59 Å². The van der Waals surface area contributed by atoms with Crippen LogP contribution in [0.1, 0.15) is 32.8 Å². The second-order valence-electron chi connectivity index (χ2n) is 8.34. The normalized spacial score (nSPS) is 11.9. The average molecular weight is 475 g/mol. The van der Waals surface area contributed by atoms with E-state index in [2.05, 4.69) is 10.3 Å². The Hall–Kier alpha value is -3.64. The number of pyridine rings is 1. The second-order valence-corrected chi connectivity index (χ2v) is 8.77. The van der Waals surface area contributed by atoms with Gasteiger partial charge in [-0.05, 0) is 48.7 Å². The van der Waals surface area contributed by atoms with Gasteiger partial charge in [0.15, 0.2) is 0 Å². The predicted octanol–water partition coefficient (Wildman–Crippen LogP) is 4.73. The first-order valence-electron chi connectivity index (χ1n) is 11.2. The number of halogens is 1. The molecule has 1 atom stereocenters. The van der Waals surface area contributed by atoms with Crippen LogP contribution in [0.25, 0.3) is 10.9 Å². The van der Waals surface area contributed by atoms with E-state index < -0.39 is 0 Å². The summed E-state index contributed by atoms with van der Waals surface area (Å²) in [7, 11) is 3.63. The lowest BCUT2D eigenvalue weighted by Crippen LogP contribution is -2.41. The minimum absolute atomic E-state index is 0.134. The van der Waals surface area contributed by atoms with Crippen LogP contribution in [0.2, 0.25) is 5.02 Å². The Morgan fingerprint density at radius 1 is 1.09 bits per heavy atom. The van der Waals surface area contributed by atoms with Crippen molar-refractivity contribution in [1.29, 1.82) is 0 Å². The Balaban J connectivity index is 1.55. The minimum atomic E-state index is -0.152. The lowest BCUT2D eigenvalue weighted by atomic mass is 10.0. The fraction of sp³-hybridized carbons (Fsp3) is 0.222. The van der Waals surface area contributed by atoms with E-state index in [1.165, 1.54) is 0 Å². The lowest BCUT2D eigenvalue weighted by molar-refractivity contribution is 0.0724. The summed E-state index contributed by atoms with van der Waals surface area (Å²) in [5.74, 6) is -0.286. The fourth-order valence-corrected chi connectivity index (χ4v) is 4.36. The Morgan fingerprint density at radius 3 is 2.62 bits per heavy atom. The number of benzene rings is 2. The second kappa shape index (κ2) is 10.5. The highest BCUT2D eigenvalue weighted by atomic mass is 35.5. The highest BCUT2D eigenvalue weighted by Crippen LogP contribution is 2.24. The topological polar surface area (TPSA) is 67.2 Å². The molecular weight excluding hydrogens is 448 g/mol. The van der Waals surface area contributed by atoms with Gasteiger partial charge >= 0.3 is 0 Å². The molecule has 0 saturated carbocycles. The number of aromatic nitrogens is 2. The van der Waals surface area contributed by atoms with Crippen LogP contribution in [0.3, 0.4) is 0 Å². The molecule has 174 valence electrons. The molecule has 0 aliphatic carbocycles. The monoisotopic (exact) mass is 474 g/mol. The first-order chi connectivity index (χ1) is 16.4. The van der Waals surface area contributed by atoms with E-state index in [1.807, 2.05) is 61.8 Å². The summed E-state index contributed by atoms with van der Waals surface area (Å²) in [4.78, 5) is 32.3. The third-order valence-corrected chi connectivity index (χ3v) is 6.24. The number of hydrogen-bond donors (Lipinski definition) is 1. The van der Waals surface area contributed by atoms with Crippen LogP contribution in [-0.2, 0) is 13.5 Å². The van der Waals surface area contributed by atoms with Gasteiger partial charge in [-0.1, -0.05) is 48.0 Å². The van der Waals surface area contributed by atoms with E-state index >= 15 is 0 Å². The van der Waals surface area contributed by atoms with Gasteiger partial charge in [0, 0.05) is 49.5 Å². The van der Waals surface area contributed by atoms with Gasteiger partial charge in [0.05, 0.1) is 11.1 Å². The van der Waals surface area contributed by atoms with Crippen molar-refractivity contribution in [2.45, 2.75) is 18.9 Å². The number of nitrogens with one attached hydrogen (secondary N) is 1. The molecule has 7 heteroatoms. The highest BCUT2D eigenvalue weighted by molar-refractivity contribution is 6.32. The number of carbonyl (C=O) groups excluding carboxylic acids is 2. The van der Waals surface area contributed by atoms with Crippen LogP contribution < -0.4 is 5.32 Å². The van der Waals surface area contributed by atoms with E-state index in [0.29, 0.717) is 41.2 Å². The summed E-state index contributed by atoms with van der Waals surface area (Å²) in [5.41, 5.74) is 2.81. The first kappa shape index (κ1) is 23.5. The van der Waals surface area contributed by atoms with E-state index in [4.69, 9.17) is 11.6 Å². The Kier molecular flexibility index (Phi) is 7.28. The van der Waals surface area contributed by atoms with E-state index in [-0.39, 0.29) is 17.9 Å². The van der Waals surface area contributed by atoms with Gasteiger partial charge in [0.2, 0.25) is 0 Å². The molecular formula is C27H27ClN4O2. The predicted molar refractivity (Wildman–Crippen MR) is 135 cm³/mol. The summed E-state index contributed by atoms with van der Waals surface area (Å²) in [6, 6.07) is 20.7. The molecule has 1 unspecified atom stereocenters. The molecule has 0 aliphatic rings. The third kappa shape index (κ3) is 5.29. The molecule has 0 bridgehead atoms. The maximum atomic E-state index is 13.6. The molecule has 2 aromatic heterocycles. The van der Waals surface area contributed by atoms with Crippen molar-refractivity contribution >= 4 is 34.3 Å². The van der Waals surface area contributed by atoms with Crippen LogP contribution in [0.5, 0.6) is 0 Å².